The van der Waals surface area contributed by atoms with Gasteiger partial charge in [-0.3, -0.25) is 0 Å². The van der Waals surface area contributed by atoms with Crippen LogP contribution < -0.4 is 15.4 Å². The number of hydrogen-bond acceptors (Lipinski definition) is 3. The summed E-state index contributed by atoms with van der Waals surface area (Å²) in [6.45, 7) is 3.21. The number of nitrogens with zero attached hydrogens (tertiary/aromatic N) is 1. The summed E-state index contributed by atoms with van der Waals surface area (Å²) >= 11 is 7.13. The van der Waals surface area contributed by atoms with Gasteiger partial charge in [-0.05, 0) is 57.7 Å². The molecule has 0 bridgehead atoms. The average Bonchev–Trinajstić information content (AvgIpc) is 2.30. The molecule has 100 valence electrons. The third-order valence-electron chi connectivity index (χ3n) is 3.45. The lowest BCUT2D eigenvalue weighted by Gasteiger charge is -2.38. The van der Waals surface area contributed by atoms with Gasteiger partial charge in [-0.25, -0.2) is 0 Å². The maximum atomic E-state index is 6.01. The van der Waals surface area contributed by atoms with Crippen LogP contribution in [-0.2, 0) is 0 Å². The minimum Gasteiger partial charge on any atom is -0.495 e. The molecule has 1 fully saturated rings. The molecule has 18 heavy (non-hydrogen) atoms. The molecule has 2 unspecified atom stereocenters. The van der Waals surface area contributed by atoms with E-state index in [4.69, 9.17) is 10.5 Å². The number of hydrogen-bond donors (Lipinski definition) is 1. The van der Waals surface area contributed by atoms with Crippen LogP contribution in [0.25, 0.3) is 0 Å². The highest BCUT2D eigenvalue weighted by molar-refractivity contribution is 9.11. The topological polar surface area (TPSA) is 38.5 Å². The van der Waals surface area contributed by atoms with Crippen molar-refractivity contribution in [1.82, 2.24) is 0 Å². The number of piperidine rings is 1. The number of ether oxygens (including phenoxy) is 1. The number of nitrogens with two attached hydrogens (primary N) is 1. The van der Waals surface area contributed by atoms with Crippen molar-refractivity contribution in [2.45, 2.75) is 31.8 Å². The third kappa shape index (κ3) is 2.83. The summed E-state index contributed by atoms with van der Waals surface area (Å²) in [5, 5.41) is 0. The fourth-order valence-corrected chi connectivity index (χ4v) is 3.84. The van der Waals surface area contributed by atoms with Gasteiger partial charge in [0.1, 0.15) is 5.75 Å². The van der Waals surface area contributed by atoms with Crippen molar-refractivity contribution >= 4 is 37.5 Å². The normalized spacial score (nSPS) is 24.2. The Labute approximate surface area is 125 Å². The van der Waals surface area contributed by atoms with Gasteiger partial charge in [0.25, 0.3) is 0 Å². The van der Waals surface area contributed by atoms with Gasteiger partial charge in [-0.2, -0.15) is 0 Å². The zero-order valence-electron chi connectivity index (χ0n) is 10.6. The van der Waals surface area contributed by atoms with E-state index in [0.717, 1.165) is 34.1 Å². The van der Waals surface area contributed by atoms with Crippen LogP contribution in [0, 0.1) is 0 Å². The number of rotatable bonds is 2. The summed E-state index contributed by atoms with van der Waals surface area (Å²) in [5.41, 5.74) is 7.19. The molecule has 2 atom stereocenters. The second-order valence-electron chi connectivity index (χ2n) is 4.77. The predicted octanol–water partition coefficient (Wildman–Crippen LogP) is 3.54. The quantitative estimate of drug-likeness (QED) is 0.856. The van der Waals surface area contributed by atoms with Crippen LogP contribution in [0.15, 0.2) is 21.1 Å². The Morgan fingerprint density at radius 3 is 2.67 bits per heavy atom. The smallest absolute Gasteiger partial charge is 0.135 e. The number of halogens is 2. The number of anilines is 1. The van der Waals surface area contributed by atoms with E-state index in [1.54, 1.807) is 7.11 Å². The molecular formula is C13H18Br2N2O. The van der Waals surface area contributed by atoms with E-state index in [2.05, 4.69) is 49.7 Å². The second kappa shape index (κ2) is 5.80. The molecule has 5 heteroatoms. The van der Waals surface area contributed by atoms with Crippen LogP contribution in [0.3, 0.4) is 0 Å². The van der Waals surface area contributed by atoms with Crippen molar-refractivity contribution < 1.29 is 4.74 Å². The van der Waals surface area contributed by atoms with Crippen molar-refractivity contribution in [2.24, 2.45) is 5.73 Å². The summed E-state index contributed by atoms with van der Waals surface area (Å²) in [7, 11) is 1.69. The van der Waals surface area contributed by atoms with Gasteiger partial charge in [-0.1, -0.05) is 0 Å². The molecule has 0 aromatic heterocycles. The second-order valence-corrected chi connectivity index (χ2v) is 6.47. The highest BCUT2D eigenvalue weighted by Crippen LogP contribution is 2.38. The molecule has 0 aliphatic carbocycles. The highest BCUT2D eigenvalue weighted by atomic mass is 79.9. The molecule has 2 N–H and O–H groups in total. The molecule has 0 saturated carbocycles. The maximum absolute atomic E-state index is 6.01. The molecule has 0 amide bonds. The summed E-state index contributed by atoms with van der Waals surface area (Å²) in [6, 6.07) is 4.89. The van der Waals surface area contributed by atoms with Crippen LogP contribution >= 0.6 is 31.9 Å². The molecule has 1 aromatic rings. The van der Waals surface area contributed by atoms with Crippen LogP contribution in [-0.4, -0.2) is 25.7 Å². The molecule has 1 heterocycles. The van der Waals surface area contributed by atoms with Crippen LogP contribution in [0.4, 0.5) is 5.69 Å². The van der Waals surface area contributed by atoms with E-state index in [9.17, 15) is 0 Å². The summed E-state index contributed by atoms with van der Waals surface area (Å²) < 4.78 is 7.41. The van der Waals surface area contributed by atoms with E-state index in [0.29, 0.717) is 12.1 Å². The van der Waals surface area contributed by atoms with E-state index in [1.165, 1.54) is 5.69 Å². The molecule has 1 saturated heterocycles. The maximum Gasteiger partial charge on any atom is 0.135 e. The Balaban J connectivity index is 2.32. The lowest BCUT2D eigenvalue weighted by Crippen LogP contribution is -2.45. The standard InChI is InChI=1S/C13H18Br2N2O/c1-8-5-9(16)3-4-17(8)12-7-13(18-2)11(15)6-10(12)14/h6-9H,3-5,16H2,1-2H3. The molecule has 1 aliphatic heterocycles. The van der Waals surface area contributed by atoms with Crippen LogP contribution in [0.5, 0.6) is 5.75 Å². The molecule has 1 aromatic carbocycles. The van der Waals surface area contributed by atoms with Gasteiger partial charge in [0, 0.05) is 29.2 Å². The van der Waals surface area contributed by atoms with Crippen molar-refractivity contribution in [3.8, 4) is 5.75 Å². The summed E-state index contributed by atoms with van der Waals surface area (Å²) in [6.07, 6.45) is 2.07. The Hall–Kier alpha value is -0.260. The van der Waals surface area contributed by atoms with E-state index >= 15 is 0 Å². The Morgan fingerprint density at radius 2 is 2.06 bits per heavy atom. The zero-order valence-corrected chi connectivity index (χ0v) is 13.8. The number of benzene rings is 1. The Kier molecular flexibility index (Phi) is 4.56. The SMILES string of the molecule is COc1cc(N2CCC(N)CC2C)c(Br)cc1Br. The fourth-order valence-electron chi connectivity index (χ4n) is 2.46. The summed E-state index contributed by atoms with van der Waals surface area (Å²) in [4.78, 5) is 2.39. The molecule has 2 rings (SSSR count). The first kappa shape index (κ1) is 14.2. The molecule has 3 nitrogen and oxygen atoms in total. The Bertz CT molecular complexity index is 439. The first-order valence-corrected chi connectivity index (χ1v) is 7.66. The largest absolute Gasteiger partial charge is 0.495 e. The minimum atomic E-state index is 0.326. The minimum absolute atomic E-state index is 0.326. The van der Waals surface area contributed by atoms with Gasteiger partial charge >= 0.3 is 0 Å². The summed E-state index contributed by atoms with van der Waals surface area (Å²) in [5.74, 6) is 0.857. The van der Waals surface area contributed by atoms with E-state index in [1.807, 2.05) is 6.07 Å². The third-order valence-corrected chi connectivity index (χ3v) is 4.70. The monoisotopic (exact) mass is 376 g/mol. The van der Waals surface area contributed by atoms with Gasteiger partial charge in [-0.15, -0.1) is 0 Å². The molecule has 1 aliphatic rings. The fraction of sp³-hybridized carbons (Fsp3) is 0.538. The van der Waals surface area contributed by atoms with Gasteiger partial charge in [0.15, 0.2) is 0 Å². The molecule has 0 spiro atoms. The van der Waals surface area contributed by atoms with Gasteiger partial charge in [0.05, 0.1) is 17.3 Å². The first-order valence-electron chi connectivity index (χ1n) is 6.08. The van der Waals surface area contributed by atoms with Crippen molar-refractivity contribution in [2.75, 3.05) is 18.6 Å². The van der Waals surface area contributed by atoms with E-state index in [-0.39, 0.29) is 0 Å². The predicted molar refractivity (Wildman–Crippen MR) is 82.4 cm³/mol. The Morgan fingerprint density at radius 1 is 1.33 bits per heavy atom. The molecule has 0 radical (unpaired) electrons. The lowest BCUT2D eigenvalue weighted by molar-refractivity contribution is 0.409. The van der Waals surface area contributed by atoms with Crippen molar-refractivity contribution in [3.63, 3.8) is 0 Å². The van der Waals surface area contributed by atoms with Crippen LogP contribution in [0.2, 0.25) is 0 Å². The van der Waals surface area contributed by atoms with Gasteiger partial charge < -0.3 is 15.4 Å². The van der Waals surface area contributed by atoms with Crippen molar-refractivity contribution in [3.05, 3.63) is 21.1 Å². The lowest BCUT2D eigenvalue weighted by atomic mass is 9.98. The molecular weight excluding hydrogens is 360 g/mol. The van der Waals surface area contributed by atoms with E-state index < -0.39 is 0 Å². The van der Waals surface area contributed by atoms with Gasteiger partial charge in [0.2, 0.25) is 0 Å². The number of methoxy groups -OCH3 is 1. The van der Waals surface area contributed by atoms with Crippen molar-refractivity contribution in [1.29, 1.82) is 0 Å². The highest BCUT2D eigenvalue weighted by Gasteiger charge is 2.25. The zero-order chi connectivity index (χ0) is 13.3. The first-order chi connectivity index (χ1) is 8.52. The average molecular weight is 378 g/mol. The van der Waals surface area contributed by atoms with Crippen LogP contribution in [0.1, 0.15) is 19.8 Å².